The van der Waals surface area contributed by atoms with Crippen molar-refractivity contribution in [2.75, 3.05) is 19.0 Å². The van der Waals surface area contributed by atoms with E-state index in [4.69, 9.17) is 21.4 Å². The van der Waals surface area contributed by atoms with Crippen LogP contribution < -0.4 is 10.1 Å². The van der Waals surface area contributed by atoms with Gasteiger partial charge in [-0.05, 0) is 35.9 Å². The summed E-state index contributed by atoms with van der Waals surface area (Å²) in [6.45, 7) is 0.544. The number of rotatable bonds is 6. The topological polar surface area (TPSA) is 58.6 Å². The number of ether oxygens (including phenoxy) is 1. The molecule has 0 atom stereocenters. The minimum atomic E-state index is -0.970. The third kappa shape index (κ3) is 4.27. The summed E-state index contributed by atoms with van der Waals surface area (Å²) in [5.74, 6) is -0.368. The highest BCUT2D eigenvalue weighted by molar-refractivity contribution is 6.30. The molecule has 0 aliphatic carbocycles. The maximum atomic E-state index is 11.0. The summed E-state index contributed by atoms with van der Waals surface area (Å²) in [5, 5.41) is 12.9. The molecule has 114 valence electrons. The summed E-state index contributed by atoms with van der Waals surface area (Å²) in [6.07, 6.45) is 3.90. The van der Waals surface area contributed by atoms with Crippen LogP contribution in [0.25, 0.3) is 6.08 Å². The van der Waals surface area contributed by atoms with Gasteiger partial charge >= 0.3 is 5.97 Å². The molecule has 0 amide bonds. The lowest BCUT2D eigenvalue weighted by Gasteiger charge is -2.10. The summed E-state index contributed by atoms with van der Waals surface area (Å²) >= 11 is 5.83. The molecule has 0 saturated heterocycles. The first kappa shape index (κ1) is 15.9. The number of carboxylic acid groups (broad SMARTS) is 1. The van der Waals surface area contributed by atoms with Crippen LogP contribution in [0.1, 0.15) is 15.9 Å². The van der Waals surface area contributed by atoms with Crippen LogP contribution in [0.3, 0.4) is 0 Å². The average molecular weight is 318 g/mol. The summed E-state index contributed by atoms with van der Waals surface area (Å²) in [5.41, 5.74) is 1.89. The van der Waals surface area contributed by atoms with Gasteiger partial charge in [0.1, 0.15) is 5.75 Å². The first-order valence-electron chi connectivity index (χ1n) is 6.67. The second-order valence-electron chi connectivity index (χ2n) is 4.56. The van der Waals surface area contributed by atoms with Crippen LogP contribution in [0.2, 0.25) is 5.02 Å². The van der Waals surface area contributed by atoms with E-state index >= 15 is 0 Å². The van der Waals surface area contributed by atoms with Crippen LogP contribution in [-0.4, -0.2) is 24.7 Å². The van der Waals surface area contributed by atoms with Gasteiger partial charge < -0.3 is 15.2 Å². The molecule has 5 heteroatoms. The van der Waals surface area contributed by atoms with Gasteiger partial charge in [0, 0.05) is 11.6 Å². The van der Waals surface area contributed by atoms with E-state index in [1.807, 2.05) is 36.4 Å². The Bertz CT molecular complexity index is 681. The first-order valence-corrected chi connectivity index (χ1v) is 7.05. The van der Waals surface area contributed by atoms with E-state index in [-0.39, 0.29) is 5.56 Å². The van der Waals surface area contributed by atoms with Crippen molar-refractivity contribution in [2.24, 2.45) is 0 Å². The molecule has 4 nitrogen and oxygen atoms in total. The minimum Gasteiger partial charge on any atom is -0.495 e. The molecule has 0 unspecified atom stereocenters. The van der Waals surface area contributed by atoms with Crippen LogP contribution in [0.4, 0.5) is 5.69 Å². The molecule has 2 aromatic carbocycles. The number of anilines is 1. The largest absolute Gasteiger partial charge is 0.495 e. The molecule has 0 spiro atoms. The molecule has 0 radical (unpaired) electrons. The van der Waals surface area contributed by atoms with Gasteiger partial charge in [-0.2, -0.15) is 0 Å². The van der Waals surface area contributed by atoms with E-state index in [1.165, 1.54) is 6.07 Å². The van der Waals surface area contributed by atoms with Crippen molar-refractivity contribution in [1.82, 2.24) is 0 Å². The van der Waals surface area contributed by atoms with E-state index in [0.717, 1.165) is 5.56 Å². The Morgan fingerprint density at radius 3 is 2.64 bits per heavy atom. The molecule has 0 bridgehead atoms. The van der Waals surface area contributed by atoms with Crippen molar-refractivity contribution >= 4 is 29.3 Å². The summed E-state index contributed by atoms with van der Waals surface area (Å²) < 4.78 is 5.21. The predicted molar refractivity (Wildman–Crippen MR) is 88.9 cm³/mol. The molecule has 2 rings (SSSR count). The van der Waals surface area contributed by atoms with Crippen molar-refractivity contribution in [1.29, 1.82) is 0 Å². The van der Waals surface area contributed by atoms with Gasteiger partial charge in [-0.1, -0.05) is 35.9 Å². The molecular weight excluding hydrogens is 302 g/mol. The van der Waals surface area contributed by atoms with Crippen LogP contribution in [0.15, 0.2) is 48.5 Å². The highest BCUT2D eigenvalue weighted by atomic mass is 35.5. The van der Waals surface area contributed by atoms with Gasteiger partial charge in [0.25, 0.3) is 0 Å². The van der Waals surface area contributed by atoms with Gasteiger partial charge in [0.05, 0.1) is 18.4 Å². The molecule has 2 N–H and O–H groups in total. The number of carbonyl (C=O) groups is 1. The summed E-state index contributed by atoms with van der Waals surface area (Å²) in [4.78, 5) is 11.0. The van der Waals surface area contributed by atoms with Crippen molar-refractivity contribution in [3.05, 3.63) is 64.7 Å². The van der Waals surface area contributed by atoms with Crippen LogP contribution in [-0.2, 0) is 0 Å². The van der Waals surface area contributed by atoms with E-state index in [1.54, 1.807) is 19.2 Å². The standard InChI is InChI=1S/C17H16ClNO3/c1-22-16-9-6-13(17(20)21)11-15(16)19-10-2-3-12-4-7-14(18)8-5-12/h2-9,11,19H,10H2,1H3,(H,20,21)/b3-2-. The molecule has 0 heterocycles. The Labute approximate surface area is 134 Å². The Morgan fingerprint density at radius 2 is 2.00 bits per heavy atom. The fourth-order valence-corrected chi connectivity index (χ4v) is 2.04. The van der Waals surface area contributed by atoms with Gasteiger partial charge in [0.15, 0.2) is 0 Å². The molecule has 0 saturated carbocycles. The Balaban J connectivity index is 2.02. The first-order chi connectivity index (χ1) is 10.6. The van der Waals surface area contributed by atoms with Crippen LogP contribution in [0.5, 0.6) is 5.75 Å². The lowest BCUT2D eigenvalue weighted by Crippen LogP contribution is -2.03. The second kappa shape index (κ2) is 7.52. The maximum Gasteiger partial charge on any atom is 0.335 e. The number of nitrogens with one attached hydrogen (secondary N) is 1. The van der Waals surface area contributed by atoms with Crippen LogP contribution >= 0.6 is 11.6 Å². The smallest absolute Gasteiger partial charge is 0.335 e. The number of benzene rings is 2. The molecule has 2 aromatic rings. The van der Waals surface area contributed by atoms with Crippen molar-refractivity contribution in [3.63, 3.8) is 0 Å². The van der Waals surface area contributed by atoms with E-state index < -0.39 is 5.97 Å². The van der Waals surface area contributed by atoms with Gasteiger partial charge in [-0.15, -0.1) is 0 Å². The van der Waals surface area contributed by atoms with Crippen molar-refractivity contribution in [2.45, 2.75) is 0 Å². The number of methoxy groups -OCH3 is 1. The third-order valence-corrected chi connectivity index (χ3v) is 3.29. The zero-order valence-corrected chi connectivity index (χ0v) is 12.8. The Kier molecular flexibility index (Phi) is 5.44. The third-order valence-electron chi connectivity index (χ3n) is 3.04. The predicted octanol–water partition coefficient (Wildman–Crippen LogP) is 4.17. The SMILES string of the molecule is COc1ccc(C(=O)O)cc1NC/C=C\c1ccc(Cl)cc1. The van der Waals surface area contributed by atoms with Gasteiger partial charge in [0.2, 0.25) is 0 Å². The maximum absolute atomic E-state index is 11.0. The zero-order valence-electron chi connectivity index (χ0n) is 12.0. The number of aromatic carboxylic acids is 1. The van der Waals surface area contributed by atoms with Gasteiger partial charge in [-0.25, -0.2) is 4.79 Å². The number of hydrogen-bond donors (Lipinski definition) is 2. The Hall–Kier alpha value is -2.46. The van der Waals surface area contributed by atoms with E-state index in [2.05, 4.69) is 5.32 Å². The molecular formula is C17H16ClNO3. The highest BCUT2D eigenvalue weighted by Crippen LogP contribution is 2.25. The second-order valence-corrected chi connectivity index (χ2v) is 4.99. The van der Waals surface area contributed by atoms with E-state index in [0.29, 0.717) is 23.0 Å². The quantitative estimate of drug-likeness (QED) is 0.839. The highest BCUT2D eigenvalue weighted by Gasteiger charge is 2.07. The normalized spacial score (nSPS) is 10.6. The zero-order chi connectivity index (χ0) is 15.9. The lowest BCUT2D eigenvalue weighted by molar-refractivity contribution is 0.0697. The fraction of sp³-hybridized carbons (Fsp3) is 0.118. The average Bonchev–Trinajstić information content (AvgIpc) is 2.53. The van der Waals surface area contributed by atoms with Crippen LogP contribution in [0, 0.1) is 0 Å². The van der Waals surface area contributed by atoms with Gasteiger partial charge in [-0.3, -0.25) is 0 Å². The number of halogens is 1. The lowest BCUT2D eigenvalue weighted by atomic mass is 10.2. The minimum absolute atomic E-state index is 0.213. The molecule has 0 aliphatic heterocycles. The summed E-state index contributed by atoms with van der Waals surface area (Å²) in [6, 6.07) is 12.2. The molecule has 0 aromatic heterocycles. The summed E-state index contributed by atoms with van der Waals surface area (Å²) in [7, 11) is 1.55. The van der Waals surface area contributed by atoms with Crippen molar-refractivity contribution in [3.8, 4) is 5.75 Å². The molecule has 0 aliphatic rings. The van der Waals surface area contributed by atoms with E-state index in [9.17, 15) is 4.79 Å². The molecule has 0 fully saturated rings. The molecule has 22 heavy (non-hydrogen) atoms. The Morgan fingerprint density at radius 1 is 1.27 bits per heavy atom. The fourth-order valence-electron chi connectivity index (χ4n) is 1.92. The number of hydrogen-bond acceptors (Lipinski definition) is 3. The number of carboxylic acids is 1. The van der Waals surface area contributed by atoms with Crippen molar-refractivity contribution < 1.29 is 14.6 Å². The monoisotopic (exact) mass is 317 g/mol.